The summed E-state index contributed by atoms with van der Waals surface area (Å²) in [5.74, 6) is 1.53. The van der Waals surface area contributed by atoms with Gasteiger partial charge in [0.15, 0.2) is 0 Å². The van der Waals surface area contributed by atoms with Crippen molar-refractivity contribution in [2.75, 3.05) is 44.9 Å². The number of hydrogen-bond acceptors (Lipinski definition) is 4. The zero-order valence-electron chi connectivity index (χ0n) is 11.7. The Balaban J connectivity index is 2.01. The first-order chi connectivity index (χ1) is 9.33. The SMILES string of the molecule is COc1ccc(N(CCCN)CC2CCOC2)cc1. The van der Waals surface area contributed by atoms with Gasteiger partial charge in [0, 0.05) is 31.3 Å². The minimum absolute atomic E-state index is 0.639. The first kappa shape index (κ1) is 14.2. The molecule has 4 heteroatoms. The van der Waals surface area contributed by atoms with E-state index in [1.807, 2.05) is 12.1 Å². The van der Waals surface area contributed by atoms with E-state index in [9.17, 15) is 0 Å². The van der Waals surface area contributed by atoms with Crippen molar-refractivity contribution in [3.8, 4) is 5.75 Å². The molecule has 1 aliphatic heterocycles. The zero-order chi connectivity index (χ0) is 13.5. The summed E-state index contributed by atoms with van der Waals surface area (Å²) >= 11 is 0. The fraction of sp³-hybridized carbons (Fsp3) is 0.600. The molecule has 1 aromatic carbocycles. The summed E-state index contributed by atoms with van der Waals surface area (Å²) in [5.41, 5.74) is 6.87. The lowest BCUT2D eigenvalue weighted by molar-refractivity contribution is 0.186. The fourth-order valence-electron chi connectivity index (χ4n) is 2.44. The van der Waals surface area contributed by atoms with Crippen LogP contribution >= 0.6 is 0 Å². The predicted octanol–water partition coefficient (Wildman–Crippen LogP) is 1.89. The molecule has 1 atom stereocenters. The summed E-state index contributed by atoms with van der Waals surface area (Å²) in [6.45, 7) is 4.56. The van der Waals surface area contributed by atoms with Crippen LogP contribution < -0.4 is 15.4 Å². The minimum Gasteiger partial charge on any atom is -0.497 e. The molecule has 2 rings (SSSR count). The summed E-state index contributed by atoms with van der Waals surface area (Å²) in [6.07, 6.45) is 2.18. The van der Waals surface area contributed by atoms with Gasteiger partial charge in [-0.15, -0.1) is 0 Å². The molecule has 0 bridgehead atoms. The Morgan fingerprint density at radius 2 is 2.16 bits per heavy atom. The van der Waals surface area contributed by atoms with Crippen LogP contribution in [0.2, 0.25) is 0 Å². The second-order valence-corrected chi connectivity index (χ2v) is 5.02. The van der Waals surface area contributed by atoms with Crippen molar-refractivity contribution in [1.82, 2.24) is 0 Å². The third-order valence-electron chi connectivity index (χ3n) is 3.57. The summed E-state index contributed by atoms with van der Waals surface area (Å²) in [4.78, 5) is 2.41. The van der Waals surface area contributed by atoms with Crippen LogP contribution in [0.15, 0.2) is 24.3 Å². The van der Waals surface area contributed by atoms with Gasteiger partial charge in [-0.2, -0.15) is 0 Å². The molecule has 0 amide bonds. The Labute approximate surface area is 115 Å². The Hall–Kier alpha value is -1.26. The topological polar surface area (TPSA) is 47.7 Å². The molecule has 19 heavy (non-hydrogen) atoms. The van der Waals surface area contributed by atoms with Gasteiger partial charge in [0.2, 0.25) is 0 Å². The molecule has 2 N–H and O–H groups in total. The van der Waals surface area contributed by atoms with Crippen LogP contribution in [-0.2, 0) is 4.74 Å². The number of ether oxygens (including phenoxy) is 2. The third kappa shape index (κ3) is 4.11. The summed E-state index contributed by atoms with van der Waals surface area (Å²) in [7, 11) is 1.69. The van der Waals surface area contributed by atoms with Gasteiger partial charge < -0.3 is 20.1 Å². The number of anilines is 1. The zero-order valence-corrected chi connectivity index (χ0v) is 11.7. The van der Waals surface area contributed by atoms with Crippen molar-refractivity contribution >= 4 is 5.69 Å². The van der Waals surface area contributed by atoms with Gasteiger partial charge >= 0.3 is 0 Å². The van der Waals surface area contributed by atoms with E-state index in [0.717, 1.165) is 51.4 Å². The molecule has 0 saturated carbocycles. The van der Waals surface area contributed by atoms with Crippen LogP contribution in [0.4, 0.5) is 5.69 Å². The highest BCUT2D eigenvalue weighted by atomic mass is 16.5. The summed E-state index contributed by atoms with van der Waals surface area (Å²) in [5, 5.41) is 0. The average Bonchev–Trinajstić information content (AvgIpc) is 2.96. The number of rotatable bonds is 7. The Bertz CT molecular complexity index is 361. The molecule has 1 aliphatic rings. The lowest BCUT2D eigenvalue weighted by Gasteiger charge is -2.27. The van der Waals surface area contributed by atoms with Crippen LogP contribution in [0.3, 0.4) is 0 Å². The van der Waals surface area contributed by atoms with Gasteiger partial charge in [-0.05, 0) is 43.7 Å². The summed E-state index contributed by atoms with van der Waals surface area (Å²) < 4.78 is 10.7. The molecule has 0 radical (unpaired) electrons. The molecule has 106 valence electrons. The predicted molar refractivity (Wildman–Crippen MR) is 77.8 cm³/mol. The van der Waals surface area contributed by atoms with E-state index >= 15 is 0 Å². The van der Waals surface area contributed by atoms with E-state index in [4.69, 9.17) is 15.2 Å². The van der Waals surface area contributed by atoms with Gasteiger partial charge in [0.1, 0.15) is 5.75 Å². The normalized spacial score (nSPS) is 18.5. The molecule has 0 aliphatic carbocycles. The van der Waals surface area contributed by atoms with E-state index in [1.54, 1.807) is 7.11 Å². The molecular weight excluding hydrogens is 240 g/mol. The molecule has 1 aromatic rings. The van der Waals surface area contributed by atoms with E-state index in [0.29, 0.717) is 5.92 Å². The van der Waals surface area contributed by atoms with E-state index in [1.165, 1.54) is 5.69 Å². The van der Waals surface area contributed by atoms with Crippen molar-refractivity contribution in [2.24, 2.45) is 11.7 Å². The van der Waals surface area contributed by atoms with E-state index in [-0.39, 0.29) is 0 Å². The second-order valence-electron chi connectivity index (χ2n) is 5.02. The largest absolute Gasteiger partial charge is 0.497 e. The molecule has 1 saturated heterocycles. The number of benzene rings is 1. The van der Waals surface area contributed by atoms with Crippen LogP contribution in [-0.4, -0.2) is 40.0 Å². The number of methoxy groups -OCH3 is 1. The monoisotopic (exact) mass is 264 g/mol. The Kier molecular flexibility index (Phi) is 5.48. The maximum atomic E-state index is 5.64. The second kappa shape index (κ2) is 7.36. The Morgan fingerprint density at radius 1 is 1.37 bits per heavy atom. The summed E-state index contributed by atoms with van der Waals surface area (Å²) in [6, 6.07) is 8.25. The number of hydrogen-bond donors (Lipinski definition) is 1. The highest BCUT2D eigenvalue weighted by Crippen LogP contribution is 2.22. The highest BCUT2D eigenvalue weighted by molar-refractivity contribution is 5.49. The standard InChI is InChI=1S/C15H24N2O2/c1-18-15-5-3-14(4-6-15)17(9-2-8-16)11-13-7-10-19-12-13/h3-6,13H,2,7-12,16H2,1H3. The first-order valence-corrected chi connectivity index (χ1v) is 7.00. The van der Waals surface area contributed by atoms with Crippen molar-refractivity contribution in [3.05, 3.63) is 24.3 Å². The van der Waals surface area contributed by atoms with E-state index < -0.39 is 0 Å². The number of nitrogens with zero attached hydrogens (tertiary/aromatic N) is 1. The van der Waals surface area contributed by atoms with Crippen molar-refractivity contribution in [1.29, 1.82) is 0 Å². The van der Waals surface area contributed by atoms with Crippen LogP contribution in [0.1, 0.15) is 12.8 Å². The van der Waals surface area contributed by atoms with Crippen LogP contribution in [0.25, 0.3) is 0 Å². The molecule has 0 spiro atoms. The molecule has 4 nitrogen and oxygen atoms in total. The van der Waals surface area contributed by atoms with Gasteiger partial charge in [-0.25, -0.2) is 0 Å². The van der Waals surface area contributed by atoms with Crippen molar-refractivity contribution in [2.45, 2.75) is 12.8 Å². The van der Waals surface area contributed by atoms with E-state index in [2.05, 4.69) is 17.0 Å². The molecule has 1 fully saturated rings. The van der Waals surface area contributed by atoms with Crippen LogP contribution in [0.5, 0.6) is 5.75 Å². The molecule has 1 unspecified atom stereocenters. The Morgan fingerprint density at radius 3 is 2.74 bits per heavy atom. The molecular formula is C15H24N2O2. The minimum atomic E-state index is 0.639. The maximum absolute atomic E-state index is 5.64. The van der Waals surface area contributed by atoms with Crippen molar-refractivity contribution < 1.29 is 9.47 Å². The highest BCUT2D eigenvalue weighted by Gasteiger charge is 2.19. The van der Waals surface area contributed by atoms with Crippen molar-refractivity contribution in [3.63, 3.8) is 0 Å². The fourth-order valence-corrected chi connectivity index (χ4v) is 2.44. The molecule has 0 aromatic heterocycles. The van der Waals surface area contributed by atoms with Gasteiger partial charge in [0.05, 0.1) is 13.7 Å². The lowest BCUT2D eigenvalue weighted by Crippen LogP contribution is -2.31. The number of nitrogens with two attached hydrogens (primary N) is 1. The average molecular weight is 264 g/mol. The molecule has 1 heterocycles. The third-order valence-corrected chi connectivity index (χ3v) is 3.57. The first-order valence-electron chi connectivity index (χ1n) is 7.00. The smallest absolute Gasteiger partial charge is 0.119 e. The van der Waals surface area contributed by atoms with Gasteiger partial charge in [-0.3, -0.25) is 0 Å². The lowest BCUT2D eigenvalue weighted by atomic mass is 10.1. The van der Waals surface area contributed by atoms with Gasteiger partial charge in [0.25, 0.3) is 0 Å². The van der Waals surface area contributed by atoms with Gasteiger partial charge in [-0.1, -0.05) is 0 Å². The quantitative estimate of drug-likeness (QED) is 0.817. The maximum Gasteiger partial charge on any atom is 0.119 e. The van der Waals surface area contributed by atoms with Crippen LogP contribution in [0, 0.1) is 5.92 Å².